The molecule has 0 aliphatic carbocycles. The number of hydrogen-bond donors (Lipinski definition) is 1. The molecule has 0 aromatic carbocycles. The third kappa shape index (κ3) is 4.01. The average Bonchev–Trinajstić information content (AvgIpc) is 1.88. The van der Waals surface area contributed by atoms with Gasteiger partial charge >= 0.3 is 0 Å². The van der Waals surface area contributed by atoms with Gasteiger partial charge in [0.25, 0.3) is 0 Å². The highest BCUT2D eigenvalue weighted by Gasteiger charge is 1.94. The van der Waals surface area contributed by atoms with E-state index in [0.29, 0.717) is 0 Å². The highest BCUT2D eigenvalue weighted by atomic mass is 35.5. The normalized spacial score (nSPS) is 8.36. The number of hydrogen-bond acceptors (Lipinski definition) is 3. The van der Waals surface area contributed by atoms with Crippen LogP contribution in [0.25, 0.3) is 0 Å². The van der Waals surface area contributed by atoms with Gasteiger partial charge in [-0.1, -0.05) is 37.0 Å². The summed E-state index contributed by atoms with van der Waals surface area (Å²) < 4.78 is 0. The third-order valence-electron chi connectivity index (χ3n) is 0.681. The lowest BCUT2D eigenvalue weighted by Gasteiger charge is -1.91. The van der Waals surface area contributed by atoms with E-state index in [1.54, 1.807) is 0 Å². The van der Waals surface area contributed by atoms with E-state index in [1.165, 1.54) is 6.07 Å². The van der Waals surface area contributed by atoms with Crippen LogP contribution in [-0.4, -0.2) is 9.97 Å². The molecule has 0 saturated heterocycles. The second-order valence-electron chi connectivity index (χ2n) is 1.37. The van der Waals surface area contributed by atoms with E-state index in [2.05, 4.69) is 9.97 Å². The van der Waals surface area contributed by atoms with Crippen molar-refractivity contribution in [2.24, 2.45) is 0 Å². The summed E-state index contributed by atoms with van der Waals surface area (Å²) in [6.07, 6.45) is 0. The molecule has 0 aliphatic rings. The molecule has 1 aromatic heterocycles. The fourth-order valence-electron chi connectivity index (χ4n) is 0.407. The van der Waals surface area contributed by atoms with Crippen molar-refractivity contribution in [1.29, 1.82) is 0 Å². The van der Waals surface area contributed by atoms with E-state index < -0.39 is 0 Å². The topological polar surface area (TPSA) is 51.8 Å². The van der Waals surface area contributed by atoms with Crippen LogP contribution in [0.1, 0.15) is 13.8 Å². The van der Waals surface area contributed by atoms with Gasteiger partial charge in [-0.25, -0.2) is 9.97 Å². The second-order valence-corrected chi connectivity index (χ2v) is 2.15. The van der Waals surface area contributed by atoms with E-state index in [0.717, 1.165) is 0 Å². The molecular formula is C6H9Cl2N3. The van der Waals surface area contributed by atoms with Gasteiger partial charge in [0.1, 0.15) is 10.3 Å². The van der Waals surface area contributed by atoms with Gasteiger partial charge in [0.05, 0.1) is 0 Å². The Balaban J connectivity index is 0.000000461. The summed E-state index contributed by atoms with van der Waals surface area (Å²) in [6.45, 7) is 4.00. The molecule has 2 N–H and O–H groups in total. The summed E-state index contributed by atoms with van der Waals surface area (Å²) in [6, 6.07) is 1.42. The maximum Gasteiger partial charge on any atom is 0.222 e. The molecule has 11 heavy (non-hydrogen) atoms. The molecule has 3 nitrogen and oxygen atoms in total. The van der Waals surface area contributed by atoms with Crippen LogP contribution >= 0.6 is 23.2 Å². The molecule has 1 heterocycles. The van der Waals surface area contributed by atoms with Crippen molar-refractivity contribution in [3.63, 3.8) is 0 Å². The lowest BCUT2D eigenvalue weighted by molar-refractivity contribution is 1.19. The first-order chi connectivity index (χ1) is 5.18. The number of aromatic nitrogens is 2. The molecule has 0 aliphatic heterocycles. The lowest BCUT2D eigenvalue weighted by Crippen LogP contribution is -1.93. The molecular weight excluding hydrogens is 185 g/mol. The maximum atomic E-state index is 5.43. The first-order valence-corrected chi connectivity index (χ1v) is 3.89. The molecule has 5 heteroatoms. The molecule has 62 valence electrons. The van der Waals surface area contributed by atoms with Crippen LogP contribution in [0, 0.1) is 0 Å². The number of halogens is 2. The maximum absolute atomic E-state index is 5.43. The zero-order valence-corrected chi connectivity index (χ0v) is 7.82. The van der Waals surface area contributed by atoms with Crippen LogP contribution < -0.4 is 5.73 Å². The number of nitrogen functional groups attached to an aromatic ring is 1. The highest BCUT2D eigenvalue weighted by Crippen LogP contribution is 2.11. The quantitative estimate of drug-likeness (QED) is 0.645. The third-order valence-corrected chi connectivity index (χ3v) is 1.07. The average molecular weight is 194 g/mol. The van der Waals surface area contributed by atoms with Gasteiger partial charge in [0.15, 0.2) is 0 Å². The Bertz CT molecular complexity index is 177. The lowest BCUT2D eigenvalue weighted by atomic mass is 10.7. The molecule has 1 aromatic rings. The molecule has 0 spiro atoms. The van der Waals surface area contributed by atoms with Crippen LogP contribution in [0.5, 0.6) is 0 Å². The minimum Gasteiger partial charge on any atom is -0.368 e. The van der Waals surface area contributed by atoms with E-state index in [1.807, 2.05) is 13.8 Å². The second kappa shape index (κ2) is 5.16. The van der Waals surface area contributed by atoms with Gasteiger partial charge in [-0.15, -0.1) is 0 Å². The van der Waals surface area contributed by atoms with E-state index in [-0.39, 0.29) is 16.3 Å². The van der Waals surface area contributed by atoms with Crippen molar-refractivity contribution < 1.29 is 0 Å². The minimum atomic E-state index is 0.0903. The summed E-state index contributed by atoms with van der Waals surface area (Å²) in [7, 11) is 0. The summed E-state index contributed by atoms with van der Waals surface area (Å²) in [5.74, 6) is 0.0903. The van der Waals surface area contributed by atoms with E-state index in [4.69, 9.17) is 28.9 Å². The molecule has 0 bridgehead atoms. The van der Waals surface area contributed by atoms with Crippen molar-refractivity contribution in [3.05, 3.63) is 16.4 Å². The zero-order chi connectivity index (χ0) is 8.85. The predicted octanol–water partition coefficient (Wildman–Crippen LogP) is 2.39. The van der Waals surface area contributed by atoms with Gasteiger partial charge < -0.3 is 5.73 Å². The molecule has 1 rings (SSSR count). The Morgan fingerprint density at radius 1 is 1.18 bits per heavy atom. The standard InChI is InChI=1S/C4H3Cl2N3.C2H6/c5-2-1-3(6)9-4(7)8-2;1-2/h1H,(H2,7,8,9);1-2H3. The zero-order valence-electron chi connectivity index (χ0n) is 6.31. The monoisotopic (exact) mass is 193 g/mol. The molecule has 0 atom stereocenters. The van der Waals surface area contributed by atoms with Crippen molar-refractivity contribution in [1.82, 2.24) is 9.97 Å². The van der Waals surface area contributed by atoms with E-state index in [9.17, 15) is 0 Å². The summed E-state index contributed by atoms with van der Waals surface area (Å²) in [5, 5.41) is 0.514. The first kappa shape index (κ1) is 10.5. The summed E-state index contributed by atoms with van der Waals surface area (Å²) in [4.78, 5) is 7.16. The van der Waals surface area contributed by atoms with Gasteiger partial charge in [0, 0.05) is 6.07 Å². The smallest absolute Gasteiger partial charge is 0.222 e. The van der Waals surface area contributed by atoms with Crippen LogP contribution in [-0.2, 0) is 0 Å². The number of rotatable bonds is 0. The number of nitrogens with zero attached hydrogens (tertiary/aromatic N) is 2. The van der Waals surface area contributed by atoms with E-state index >= 15 is 0 Å². The van der Waals surface area contributed by atoms with Crippen molar-refractivity contribution in [2.45, 2.75) is 13.8 Å². The minimum absolute atomic E-state index is 0.0903. The van der Waals surface area contributed by atoms with Crippen LogP contribution in [0.2, 0.25) is 10.3 Å². The molecule has 0 unspecified atom stereocenters. The van der Waals surface area contributed by atoms with Gasteiger partial charge in [0.2, 0.25) is 5.95 Å². The van der Waals surface area contributed by atoms with Crippen LogP contribution in [0.15, 0.2) is 6.07 Å². The fraction of sp³-hybridized carbons (Fsp3) is 0.333. The van der Waals surface area contributed by atoms with Crippen molar-refractivity contribution >= 4 is 29.2 Å². The first-order valence-electron chi connectivity index (χ1n) is 3.14. The summed E-state index contributed by atoms with van der Waals surface area (Å²) >= 11 is 10.9. The number of anilines is 1. The van der Waals surface area contributed by atoms with Gasteiger partial charge in [-0.05, 0) is 0 Å². The molecule has 0 fully saturated rings. The predicted molar refractivity (Wildman–Crippen MR) is 47.8 cm³/mol. The Morgan fingerprint density at radius 3 is 1.82 bits per heavy atom. The van der Waals surface area contributed by atoms with Gasteiger partial charge in [-0.3, -0.25) is 0 Å². The fourth-order valence-corrected chi connectivity index (χ4v) is 0.842. The summed E-state index contributed by atoms with van der Waals surface area (Å²) in [5.41, 5.74) is 5.17. The molecule has 0 saturated carbocycles. The van der Waals surface area contributed by atoms with Gasteiger partial charge in [-0.2, -0.15) is 0 Å². The Kier molecular flexibility index (Phi) is 4.90. The Morgan fingerprint density at radius 2 is 1.55 bits per heavy atom. The Hall–Kier alpha value is -0.540. The highest BCUT2D eigenvalue weighted by molar-refractivity contribution is 6.33. The number of nitrogens with two attached hydrogens (primary N) is 1. The van der Waals surface area contributed by atoms with Crippen LogP contribution in [0.4, 0.5) is 5.95 Å². The Labute approximate surface area is 75.6 Å². The van der Waals surface area contributed by atoms with Crippen LogP contribution in [0.3, 0.4) is 0 Å². The molecule has 0 radical (unpaired) electrons. The largest absolute Gasteiger partial charge is 0.368 e. The molecule has 0 amide bonds. The SMILES string of the molecule is CC.Nc1nc(Cl)cc(Cl)n1. The van der Waals surface area contributed by atoms with Crippen molar-refractivity contribution in [3.8, 4) is 0 Å². The van der Waals surface area contributed by atoms with Crippen molar-refractivity contribution in [2.75, 3.05) is 5.73 Å².